The van der Waals surface area contributed by atoms with Crippen LogP contribution in [0.3, 0.4) is 0 Å². The van der Waals surface area contributed by atoms with E-state index in [0.717, 1.165) is 31.9 Å². The Morgan fingerprint density at radius 2 is 1.85 bits per heavy atom. The highest BCUT2D eigenvalue weighted by atomic mass is 16.3. The molecule has 0 saturated carbocycles. The van der Waals surface area contributed by atoms with Crippen molar-refractivity contribution >= 4 is 0 Å². The molecule has 1 N–H and O–H groups in total. The zero-order valence-corrected chi connectivity index (χ0v) is 13.3. The second kappa shape index (κ2) is 7.45. The van der Waals surface area contributed by atoms with Gasteiger partial charge in [0, 0.05) is 31.4 Å². The first-order valence-electron chi connectivity index (χ1n) is 7.20. The van der Waals surface area contributed by atoms with Crippen LogP contribution in [0.5, 0.6) is 5.75 Å². The van der Waals surface area contributed by atoms with Gasteiger partial charge in [-0.1, -0.05) is 13.8 Å². The highest BCUT2D eigenvalue weighted by Crippen LogP contribution is 2.16. The predicted molar refractivity (Wildman–Crippen MR) is 82.3 cm³/mol. The Labute approximate surface area is 121 Å². The van der Waals surface area contributed by atoms with E-state index in [-0.39, 0.29) is 11.2 Å². The first-order chi connectivity index (χ1) is 9.40. The fourth-order valence-electron chi connectivity index (χ4n) is 2.37. The molecule has 1 rings (SSSR count). The van der Waals surface area contributed by atoms with Crippen LogP contribution >= 0.6 is 0 Å². The number of hydrogen-bond donors (Lipinski definition) is 1. The molecular formula is C15H27N3O2. The van der Waals surface area contributed by atoms with Gasteiger partial charge in [0.15, 0.2) is 5.75 Å². The van der Waals surface area contributed by atoms with Crippen LogP contribution in [0, 0.1) is 6.92 Å². The topological polar surface area (TPSA) is 48.7 Å². The molecule has 0 amide bonds. The van der Waals surface area contributed by atoms with Gasteiger partial charge in [0.1, 0.15) is 0 Å². The minimum Gasteiger partial charge on any atom is -0.503 e. The lowest BCUT2D eigenvalue weighted by atomic mass is 10.2. The third-order valence-electron chi connectivity index (χ3n) is 3.60. The molecule has 5 heteroatoms. The lowest BCUT2D eigenvalue weighted by Gasteiger charge is -2.24. The maximum Gasteiger partial charge on any atom is 0.223 e. The van der Waals surface area contributed by atoms with Crippen LogP contribution in [-0.4, -0.2) is 53.2 Å². The van der Waals surface area contributed by atoms with E-state index in [2.05, 4.69) is 23.3 Å². The Morgan fingerprint density at radius 3 is 2.35 bits per heavy atom. The van der Waals surface area contributed by atoms with Crippen molar-refractivity contribution in [1.82, 2.24) is 14.4 Å². The molecule has 0 bridgehead atoms. The van der Waals surface area contributed by atoms with Gasteiger partial charge in [-0.15, -0.1) is 0 Å². The monoisotopic (exact) mass is 281 g/mol. The molecule has 0 aromatic carbocycles. The first kappa shape index (κ1) is 16.7. The number of aromatic nitrogens is 1. The van der Waals surface area contributed by atoms with Crippen LogP contribution in [0.1, 0.15) is 25.2 Å². The van der Waals surface area contributed by atoms with Gasteiger partial charge in [-0.25, -0.2) is 0 Å². The number of hydrogen-bond acceptors (Lipinski definition) is 4. The average Bonchev–Trinajstić information content (AvgIpc) is 2.39. The van der Waals surface area contributed by atoms with Crippen molar-refractivity contribution in [2.75, 3.05) is 33.7 Å². The van der Waals surface area contributed by atoms with E-state index < -0.39 is 0 Å². The second-order valence-corrected chi connectivity index (χ2v) is 5.36. The quantitative estimate of drug-likeness (QED) is 0.817. The van der Waals surface area contributed by atoms with E-state index in [9.17, 15) is 9.90 Å². The molecule has 0 unspecified atom stereocenters. The minimum absolute atomic E-state index is 0.121. The number of rotatable bonds is 7. The summed E-state index contributed by atoms with van der Waals surface area (Å²) in [6, 6.07) is 1.51. The Morgan fingerprint density at radius 1 is 1.25 bits per heavy atom. The molecule has 1 aromatic heterocycles. The van der Waals surface area contributed by atoms with E-state index in [4.69, 9.17) is 0 Å². The molecule has 0 fully saturated rings. The highest BCUT2D eigenvalue weighted by Gasteiger charge is 2.14. The fourth-order valence-corrected chi connectivity index (χ4v) is 2.37. The van der Waals surface area contributed by atoms with Crippen molar-refractivity contribution in [3.05, 3.63) is 27.7 Å². The van der Waals surface area contributed by atoms with Crippen molar-refractivity contribution < 1.29 is 5.11 Å². The van der Waals surface area contributed by atoms with Gasteiger partial charge in [-0.3, -0.25) is 4.79 Å². The zero-order chi connectivity index (χ0) is 15.3. The van der Waals surface area contributed by atoms with Gasteiger partial charge in [0.05, 0.1) is 5.69 Å². The SMILES string of the molecule is CCN(CC)CCn1c(C)cc(=O)c(O)c1CN(C)C. The van der Waals surface area contributed by atoms with Gasteiger partial charge in [-0.05, 0) is 34.1 Å². The first-order valence-corrected chi connectivity index (χ1v) is 7.20. The van der Waals surface area contributed by atoms with Gasteiger partial charge in [0.2, 0.25) is 5.43 Å². The number of aryl methyl sites for hydroxylation is 1. The van der Waals surface area contributed by atoms with Crippen molar-refractivity contribution in [3.8, 4) is 5.75 Å². The average molecular weight is 281 g/mol. The van der Waals surface area contributed by atoms with Gasteiger partial charge in [-0.2, -0.15) is 0 Å². The van der Waals surface area contributed by atoms with Crippen molar-refractivity contribution in [3.63, 3.8) is 0 Å². The maximum atomic E-state index is 11.8. The van der Waals surface area contributed by atoms with Crippen LogP contribution in [0.4, 0.5) is 0 Å². The highest BCUT2D eigenvalue weighted by molar-refractivity contribution is 5.29. The molecule has 0 spiro atoms. The Bertz CT molecular complexity index is 491. The summed E-state index contributed by atoms with van der Waals surface area (Å²) in [5.41, 5.74) is 1.31. The lowest BCUT2D eigenvalue weighted by Crippen LogP contribution is -2.30. The summed E-state index contributed by atoms with van der Waals surface area (Å²) in [6.07, 6.45) is 0. The van der Waals surface area contributed by atoms with E-state index >= 15 is 0 Å². The van der Waals surface area contributed by atoms with Crippen molar-refractivity contribution in [2.24, 2.45) is 0 Å². The smallest absolute Gasteiger partial charge is 0.223 e. The summed E-state index contributed by atoms with van der Waals surface area (Å²) >= 11 is 0. The normalized spacial score (nSPS) is 11.6. The van der Waals surface area contributed by atoms with E-state index in [1.54, 1.807) is 0 Å². The van der Waals surface area contributed by atoms with Gasteiger partial charge >= 0.3 is 0 Å². The number of nitrogens with zero attached hydrogens (tertiary/aromatic N) is 3. The lowest BCUT2D eigenvalue weighted by molar-refractivity contribution is 0.282. The predicted octanol–water partition coefficient (Wildman–Crippen LogP) is 1.27. The van der Waals surface area contributed by atoms with E-state index in [1.807, 2.05) is 25.9 Å². The van der Waals surface area contributed by atoms with Gasteiger partial charge in [0.25, 0.3) is 0 Å². The molecule has 0 aliphatic rings. The summed E-state index contributed by atoms with van der Waals surface area (Å²) in [4.78, 5) is 16.0. The molecule has 0 aliphatic carbocycles. The number of likely N-dealkylation sites (N-methyl/N-ethyl adjacent to an activating group) is 1. The molecular weight excluding hydrogens is 254 g/mol. The van der Waals surface area contributed by atoms with E-state index in [0.29, 0.717) is 12.2 Å². The molecule has 1 aromatic rings. The summed E-state index contributed by atoms with van der Waals surface area (Å²) in [6.45, 7) is 10.5. The number of aromatic hydroxyl groups is 1. The number of pyridine rings is 1. The second-order valence-electron chi connectivity index (χ2n) is 5.36. The maximum absolute atomic E-state index is 11.8. The summed E-state index contributed by atoms with van der Waals surface area (Å²) in [5.74, 6) is -0.121. The Hall–Kier alpha value is -1.33. The van der Waals surface area contributed by atoms with E-state index in [1.165, 1.54) is 6.07 Å². The standard InChI is InChI=1S/C15H27N3O2/c1-6-17(7-2)8-9-18-12(3)10-14(19)15(20)13(18)11-16(4)5/h10,20H,6-9,11H2,1-5H3. The molecule has 5 nitrogen and oxygen atoms in total. The summed E-state index contributed by atoms with van der Waals surface area (Å²) in [7, 11) is 3.86. The molecule has 1 heterocycles. The Kier molecular flexibility index (Phi) is 6.23. The molecule has 20 heavy (non-hydrogen) atoms. The molecule has 0 atom stereocenters. The third-order valence-corrected chi connectivity index (χ3v) is 3.60. The van der Waals surface area contributed by atoms with Crippen molar-refractivity contribution in [2.45, 2.75) is 33.9 Å². The largest absolute Gasteiger partial charge is 0.503 e. The molecule has 114 valence electrons. The molecule has 0 aliphatic heterocycles. The van der Waals surface area contributed by atoms with Crippen LogP contribution in [-0.2, 0) is 13.1 Å². The van der Waals surface area contributed by atoms with Gasteiger partial charge < -0.3 is 19.5 Å². The van der Waals surface area contributed by atoms with Crippen molar-refractivity contribution in [1.29, 1.82) is 0 Å². The molecule has 0 saturated heterocycles. The summed E-state index contributed by atoms with van der Waals surface area (Å²) < 4.78 is 2.05. The van der Waals surface area contributed by atoms with Crippen LogP contribution < -0.4 is 5.43 Å². The Balaban J connectivity index is 3.09. The zero-order valence-electron chi connectivity index (χ0n) is 13.3. The fraction of sp³-hybridized carbons (Fsp3) is 0.667. The third kappa shape index (κ3) is 4.08. The van der Waals surface area contributed by atoms with Crippen LogP contribution in [0.25, 0.3) is 0 Å². The molecule has 0 radical (unpaired) electrons. The van der Waals surface area contributed by atoms with Crippen LogP contribution in [0.2, 0.25) is 0 Å². The van der Waals surface area contributed by atoms with Crippen LogP contribution in [0.15, 0.2) is 10.9 Å². The summed E-state index contributed by atoms with van der Waals surface area (Å²) in [5, 5.41) is 10.1. The minimum atomic E-state index is -0.293.